The van der Waals surface area contributed by atoms with Crippen molar-refractivity contribution in [3.63, 3.8) is 0 Å². The van der Waals surface area contributed by atoms with Crippen LogP contribution in [0.5, 0.6) is 0 Å². The minimum atomic E-state index is -0.925. The Morgan fingerprint density at radius 2 is 1.95 bits per heavy atom. The molecule has 0 aromatic heterocycles. The smallest absolute Gasteiger partial charge is 0.336 e. The van der Waals surface area contributed by atoms with Crippen molar-refractivity contribution < 1.29 is 9.90 Å². The highest BCUT2D eigenvalue weighted by Crippen LogP contribution is 2.23. The van der Waals surface area contributed by atoms with E-state index in [9.17, 15) is 4.79 Å². The minimum Gasteiger partial charge on any atom is -0.478 e. The first-order chi connectivity index (χ1) is 10.1. The summed E-state index contributed by atoms with van der Waals surface area (Å²) in [7, 11) is 0. The van der Waals surface area contributed by atoms with Gasteiger partial charge in [-0.2, -0.15) is 0 Å². The number of carboxylic acids is 1. The van der Waals surface area contributed by atoms with Crippen LogP contribution in [0.3, 0.4) is 0 Å². The van der Waals surface area contributed by atoms with E-state index in [1.807, 2.05) is 6.07 Å². The molecule has 2 aromatic rings. The van der Waals surface area contributed by atoms with Crippen molar-refractivity contribution >= 4 is 27.6 Å². The average Bonchev–Trinajstić information content (AvgIpc) is 2.47. The summed E-state index contributed by atoms with van der Waals surface area (Å²) in [4.78, 5) is 10.9. The van der Waals surface area contributed by atoms with Crippen molar-refractivity contribution in [2.75, 3.05) is 11.9 Å². The fourth-order valence-corrected chi connectivity index (χ4v) is 2.73. The van der Waals surface area contributed by atoms with E-state index in [2.05, 4.69) is 52.4 Å². The molecule has 0 fully saturated rings. The molecule has 0 heterocycles. The third-order valence-corrected chi connectivity index (χ3v) is 4.13. The number of carboxylic acid groups (broad SMARTS) is 1. The topological polar surface area (TPSA) is 49.3 Å². The Balaban J connectivity index is 1.89. The second kappa shape index (κ2) is 7.27. The van der Waals surface area contributed by atoms with Gasteiger partial charge in [0.2, 0.25) is 0 Å². The predicted octanol–water partition coefficient (Wildman–Crippen LogP) is 4.75. The molecule has 0 saturated heterocycles. The molecule has 1 atom stereocenters. The maximum Gasteiger partial charge on any atom is 0.336 e. The number of anilines is 1. The molecule has 4 heteroatoms. The Kier molecular flexibility index (Phi) is 5.39. The van der Waals surface area contributed by atoms with Crippen LogP contribution in [0.15, 0.2) is 53.0 Å². The summed E-state index contributed by atoms with van der Waals surface area (Å²) in [6.45, 7) is 3.05. The number of nitrogens with one attached hydrogen (secondary N) is 1. The Bertz CT molecular complexity index is 613. The second-order valence-electron chi connectivity index (χ2n) is 5.03. The molecule has 0 radical (unpaired) electrons. The van der Waals surface area contributed by atoms with Crippen molar-refractivity contribution in [1.82, 2.24) is 0 Å². The van der Waals surface area contributed by atoms with Crippen molar-refractivity contribution in [2.24, 2.45) is 0 Å². The molecule has 0 bridgehead atoms. The van der Waals surface area contributed by atoms with Crippen LogP contribution in [0.1, 0.15) is 35.2 Å². The maximum atomic E-state index is 10.9. The lowest BCUT2D eigenvalue weighted by atomic mass is 9.98. The molecule has 3 nitrogen and oxygen atoms in total. The number of aromatic carboxylic acids is 1. The molecule has 110 valence electrons. The number of rotatable bonds is 6. The lowest BCUT2D eigenvalue weighted by Gasteiger charge is -2.13. The Morgan fingerprint density at radius 3 is 2.57 bits per heavy atom. The SMILES string of the molecule is CC(CCNc1ccc(C(=O)O)c(Br)c1)c1ccccc1. The summed E-state index contributed by atoms with van der Waals surface area (Å²) >= 11 is 3.28. The van der Waals surface area contributed by atoms with Gasteiger partial charge in [0.05, 0.1) is 5.56 Å². The molecule has 0 amide bonds. The van der Waals surface area contributed by atoms with Gasteiger partial charge < -0.3 is 10.4 Å². The molecule has 2 rings (SSSR count). The Labute approximate surface area is 133 Å². The lowest BCUT2D eigenvalue weighted by Crippen LogP contribution is -2.06. The zero-order chi connectivity index (χ0) is 15.2. The molecular weight excluding hydrogens is 330 g/mol. The zero-order valence-electron chi connectivity index (χ0n) is 11.8. The van der Waals surface area contributed by atoms with Gasteiger partial charge in [-0.15, -0.1) is 0 Å². The predicted molar refractivity (Wildman–Crippen MR) is 89.1 cm³/mol. The molecule has 21 heavy (non-hydrogen) atoms. The van der Waals surface area contributed by atoms with E-state index in [0.717, 1.165) is 18.7 Å². The highest BCUT2D eigenvalue weighted by atomic mass is 79.9. The zero-order valence-corrected chi connectivity index (χ0v) is 13.4. The highest BCUT2D eigenvalue weighted by Gasteiger charge is 2.09. The van der Waals surface area contributed by atoms with Crippen molar-refractivity contribution in [2.45, 2.75) is 19.3 Å². The summed E-state index contributed by atoms with van der Waals surface area (Å²) in [5.74, 6) is -0.438. The van der Waals surface area contributed by atoms with Gasteiger partial charge in [0.15, 0.2) is 0 Å². The van der Waals surface area contributed by atoms with E-state index in [4.69, 9.17) is 5.11 Å². The van der Waals surface area contributed by atoms with Gasteiger partial charge >= 0.3 is 5.97 Å². The Hall–Kier alpha value is -1.81. The van der Waals surface area contributed by atoms with Crippen LogP contribution >= 0.6 is 15.9 Å². The molecule has 0 spiro atoms. The van der Waals surface area contributed by atoms with E-state index in [1.54, 1.807) is 18.2 Å². The van der Waals surface area contributed by atoms with Crippen molar-refractivity contribution in [3.05, 3.63) is 64.1 Å². The van der Waals surface area contributed by atoms with Crippen LogP contribution in [-0.2, 0) is 0 Å². The van der Waals surface area contributed by atoms with E-state index < -0.39 is 5.97 Å². The molecular formula is C17H18BrNO2. The summed E-state index contributed by atoms with van der Waals surface area (Å²) in [6.07, 6.45) is 1.02. The Morgan fingerprint density at radius 1 is 1.24 bits per heavy atom. The normalized spacial score (nSPS) is 11.9. The largest absolute Gasteiger partial charge is 0.478 e. The number of hydrogen-bond donors (Lipinski definition) is 2. The molecule has 1 unspecified atom stereocenters. The number of benzene rings is 2. The van der Waals surface area contributed by atoms with E-state index in [1.165, 1.54) is 5.56 Å². The summed E-state index contributed by atoms with van der Waals surface area (Å²) < 4.78 is 0.594. The van der Waals surface area contributed by atoms with Gasteiger partial charge in [-0.3, -0.25) is 0 Å². The molecule has 2 N–H and O–H groups in total. The van der Waals surface area contributed by atoms with E-state index >= 15 is 0 Å². The number of carbonyl (C=O) groups is 1. The maximum absolute atomic E-state index is 10.9. The van der Waals surface area contributed by atoms with E-state index in [-0.39, 0.29) is 5.56 Å². The fourth-order valence-electron chi connectivity index (χ4n) is 2.18. The van der Waals surface area contributed by atoms with Crippen LogP contribution in [0.25, 0.3) is 0 Å². The van der Waals surface area contributed by atoms with Gasteiger partial charge in [0.1, 0.15) is 0 Å². The van der Waals surface area contributed by atoms with Crippen molar-refractivity contribution in [3.8, 4) is 0 Å². The number of halogens is 1. The fraction of sp³-hybridized carbons (Fsp3) is 0.235. The molecule has 0 aliphatic rings. The van der Waals surface area contributed by atoms with Gasteiger partial charge in [0, 0.05) is 16.7 Å². The van der Waals surface area contributed by atoms with Crippen LogP contribution in [-0.4, -0.2) is 17.6 Å². The van der Waals surface area contributed by atoms with Gasteiger partial charge in [-0.25, -0.2) is 4.79 Å². The minimum absolute atomic E-state index is 0.276. The van der Waals surface area contributed by atoms with Crippen LogP contribution in [0, 0.1) is 0 Å². The van der Waals surface area contributed by atoms with E-state index in [0.29, 0.717) is 10.4 Å². The summed E-state index contributed by atoms with van der Waals surface area (Å²) in [5, 5.41) is 12.3. The lowest BCUT2D eigenvalue weighted by molar-refractivity contribution is 0.0696. The number of hydrogen-bond acceptors (Lipinski definition) is 2. The van der Waals surface area contributed by atoms with Crippen LogP contribution in [0.2, 0.25) is 0 Å². The molecule has 0 aliphatic carbocycles. The third-order valence-electron chi connectivity index (χ3n) is 3.47. The summed E-state index contributed by atoms with van der Waals surface area (Å²) in [6, 6.07) is 15.6. The molecule has 2 aromatic carbocycles. The molecule has 0 saturated carbocycles. The van der Waals surface area contributed by atoms with Gasteiger partial charge in [-0.05, 0) is 52.0 Å². The quantitative estimate of drug-likeness (QED) is 0.792. The van der Waals surface area contributed by atoms with Crippen LogP contribution in [0.4, 0.5) is 5.69 Å². The first kappa shape index (κ1) is 15.6. The average molecular weight is 348 g/mol. The van der Waals surface area contributed by atoms with Crippen LogP contribution < -0.4 is 5.32 Å². The second-order valence-corrected chi connectivity index (χ2v) is 5.88. The highest BCUT2D eigenvalue weighted by molar-refractivity contribution is 9.10. The first-order valence-electron chi connectivity index (χ1n) is 6.89. The van der Waals surface area contributed by atoms with Crippen molar-refractivity contribution in [1.29, 1.82) is 0 Å². The monoisotopic (exact) mass is 347 g/mol. The third kappa shape index (κ3) is 4.33. The van der Waals surface area contributed by atoms with Gasteiger partial charge in [-0.1, -0.05) is 37.3 Å². The standard InChI is InChI=1S/C17H18BrNO2/c1-12(13-5-3-2-4-6-13)9-10-19-14-7-8-15(17(20)21)16(18)11-14/h2-8,11-12,19H,9-10H2,1H3,(H,20,21). The molecule has 0 aliphatic heterocycles. The summed E-state index contributed by atoms with van der Waals surface area (Å²) in [5.41, 5.74) is 2.53. The first-order valence-corrected chi connectivity index (χ1v) is 7.69. The van der Waals surface area contributed by atoms with Gasteiger partial charge in [0.25, 0.3) is 0 Å².